The van der Waals surface area contributed by atoms with Gasteiger partial charge in [0.15, 0.2) is 5.69 Å². The van der Waals surface area contributed by atoms with Gasteiger partial charge in [0.05, 0.1) is 24.0 Å². The summed E-state index contributed by atoms with van der Waals surface area (Å²) < 4.78 is 6.63. The molecule has 0 aliphatic carbocycles. The van der Waals surface area contributed by atoms with Gasteiger partial charge in [0.25, 0.3) is 5.91 Å². The van der Waals surface area contributed by atoms with Crippen molar-refractivity contribution >= 4 is 17.5 Å². The lowest BCUT2D eigenvalue weighted by Crippen LogP contribution is -2.23. The van der Waals surface area contributed by atoms with E-state index in [0.29, 0.717) is 17.3 Å². The topological polar surface area (TPSA) is 69.0 Å². The third-order valence-electron chi connectivity index (χ3n) is 3.41. The van der Waals surface area contributed by atoms with Gasteiger partial charge in [-0.3, -0.25) is 4.79 Å². The van der Waals surface area contributed by atoms with Crippen LogP contribution < -0.4 is 10.1 Å². The molecule has 1 heterocycles. The lowest BCUT2D eigenvalue weighted by Gasteiger charge is -2.05. The maximum atomic E-state index is 12.2. The highest BCUT2D eigenvalue weighted by molar-refractivity contribution is 6.32. The van der Waals surface area contributed by atoms with Crippen LogP contribution in [0.4, 0.5) is 0 Å². The van der Waals surface area contributed by atoms with Crippen molar-refractivity contribution in [3.63, 3.8) is 0 Å². The van der Waals surface area contributed by atoms with Gasteiger partial charge in [-0.25, -0.2) is 4.68 Å². The number of hydrogen-bond acceptors (Lipinski definition) is 4. The molecule has 1 amide bonds. The fraction of sp³-hybridized carbons (Fsp3) is 0.118. The number of para-hydroxylation sites is 1. The summed E-state index contributed by atoms with van der Waals surface area (Å²) in [6, 6.07) is 14.7. The van der Waals surface area contributed by atoms with Gasteiger partial charge >= 0.3 is 0 Å². The zero-order valence-corrected chi connectivity index (χ0v) is 13.7. The van der Waals surface area contributed by atoms with Crippen molar-refractivity contribution in [3.8, 4) is 11.4 Å². The first-order valence-electron chi connectivity index (χ1n) is 7.26. The zero-order chi connectivity index (χ0) is 16.9. The van der Waals surface area contributed by atoms with Crippen LogP contribution in [0.3, 0.4) is 0 Å². The summed E-state index contributed by atoms with van der Waals surface area (Å²) in [5.41, 5.74) is 1.82. The molecule has 2 aromatic carbocycles. The van der Waals surface area contributed by atoms with Crippen LogP contribution in [0.25, 0.3) is 5.69 Å². The minimum atomic E-state index is -0.309. The Morgan fingerprint density at radius 1 is 1.25 bits per heavy atom. The lowest BCUT2D eigenvalue weighted by molar-refractivity contribution is 0.0946. The van der Waals surface area contributed by atoms with Crippen LogP contribution in [0, 0.1) is 0 Å². The first-order valence-corrected chi connectivity index (χ1v) is 7.63. The molecule has 3 aromatic rings. The van der Waals surface area contributed by atoms with E-state index in [1.54, 1.807) is 25.4 Å². The Morgan fingerprint density at radius 2 is 2.08 bits per heavy atom. The standard InChI is InChI=1S/C17H15ClN4O2/c1-24-13-6-4-5-12(9-13)10-19-17(23)15-11-22(21-20-15)16-8-3-2-7-14(16)18/h2-9,11H,10H2,1H3,(H,19,23). The van der Waals surface area contributed by atoms with E-state index in [1.807, 2.05) is 36.4 Å². The van der Waals surface area contributed by atoms with Gasteiger partial charge < -0.3 is 10.1 Å². The molecule has 24 heavy (non-hydrogen) atoms. The van der Waals surface area contributed by atoms with Crippen LogP contribution in [0.5, 0.6) is 5.75 Å². The molecule has 0 aliphatic heterocycles. The number of amides is 1. The number of aromatic nitrogens is 3. The predicted molar refractivity (Wildman–Crippen MR) is 90.5 cm³/mol. The third kappa shape index (κ3) is 3.55. The SMILES string of the molecule is COc1cccc(CNC(=O)c2cn(-c3ccccc3Cl)nn2)c1. The molecule has 0 aliphatic rings. The molecular formula is C17H15ClN4O2. The van der Waals surface area contributed by atoms with Gasteiger partial charge in [-0.2, -0.15) is 0 Å². The van der Waals surface area contributed by atoms with Gasteiger partial charge in [-0.05, 0) is 29.8 Å². The van der Waals surface area contributed by atoms with Crippen LogP contribution in [0.1, 0.15) is 16.1 Å². The largest absolute Gasteiger partial charge is 0.497 e. The van der Waals surface area contributed by atoms with Crippen molar-refractivity contribution in [2.24, 2.45) is 0 Å². The van der Waals surface area contributed by atoms with Crippen LogP contribution >= 0.6 is 11.6 Å². The highest BCUT2D eigenvalue weighted by Crippen LogP contribution is 2.18. The van der Waals surface area contributed by atoms with E-state index in [-0.39, 0.29) is 11.6 Å². The van der Waals surface area contributed by atoms with Crippen molar-refractivity contribution in [2.75, 3.05) is 7.11 Å². The fourth-order valence-corrected chi connectivity index (χ4v) is 2.40. The van der Waals surface area contributed by atoms with Gasteiger partial charge in [0.2, 0.25) is 0 Å². The zero-order valence-electron chi connectivity index (χ0n) is 12.9. The third-order valence-corrected chi connectivity index (χ3v) is 3.73. The van der Waals surface area contributed by atoms with Gasteiger partial charge in [0, 0.05) is 6.54 Å². The van der Waals surface area contributed by atoms with E-state index < -0.39 is 0 Å². The van der Waals surface area contributed by atoms with E-state index in [9.17, 15) is 4.79 Å². The van der Waals surface area contributed by atoms with E-state index in [1.165, 1.54) is 4.68 Å². The quantitative estimate of drug-likeness (QED) is 0.774. The van der Waals surface area contributed by atoms with Crippen molar-refractivity contribution in [1.82, 2.24) is 20.3 Å². The van der Waals surface area contributed by atoms with Gasteiger partial charge in [-0.15, -0.1) is 5.10 Å². The number of hydrogen-bond donors (Lipinski definition) is 1. The number of nitrogens with zero attached hydrogens (tertiary/aromatic N) is 3. The van der Waals surface area contributed by atoms with Crippen molar-refractivity contribution in [1.29, 1.82) is 0 Å². The van der Waals surface area contributed by atoms with Crippen LogP contribution in [0.15, 0.2) is 54.7 Å². The maximum absolute atomic E-state index is 12.2. The first kappa shape index (κ1) is 16.0. The summed E-state index contributed by atoms with van der Waals surface area (Å²) in [5, 5.41) is 11.2. The molecule has 0 saturated carbocycles. The van der Waals surface area contributed by atoms with Crippen molar-refractivity contribution < 1.29 is 9.53 Å². The summed E-state index contributed by atoms with van der Waals surface area (Å²) >= 11 is 6.12. The molecule has 122 valence electrons. The van der Waals surface area contributed by atoms with E-state index >= 15 is 0 Å². The number of halogens is 1. The van der Waals surface area contributed by atoms with Crippen LogP contribution in [-0.4, -0.2) is 28.0 Å². The monoisotopic (exact) mass is 342 g/mol. The summed E-state index contributed by atoms with van der Waals surface area (Å²) in [7, 11) is 1.60. The van der Waals surface area contributed by atoms with Gasteiger partial charge in [-0.1, -0.05) is 41.1 Å². The maximum Gasteiger partial charge on any atom is 0.273 e. The fourth-order valence-electron chi connectivity index (χ4n) is 2.18. The Labute approximate surface area is 144 Å². The summed E-state index contributed by atoms with van der Waals surface area (Å²) in [6.45, 7) is 0.370. The summed E-state index contributed by atoms with van der Waals surface area (Å²) in [6.07, 6.45) is 1.54. The molecule has 0 spiro atoms. The molecule has 1 aromatic heterocycles. The number of benzene rings is 2. The number of methoxy groups -OCH3 is 1. The predicted octanol–water partition coefficient (Wildman–Crippen LogP) is 2.86. The molecule has 0 fully saturated rings. The molecule has 0 unspecified atom stereocenters. The number of nitrogens with one attached hydrogen (secondary N) is 1. The van der Waals surface area contributed by atoms with E-state index in [2.05, 4.69) is 15.6 Å². The Morgan fingerprint density at radius 3 is 2.88 bits per heavy atom. The van der Waals surface area contributed by atoms with Crippen molar-refractivity contribution in [2.45, 2.75) is 6.54 Å². The second-order valence-electron chi connectivity index (χ2n) is 5.03. The minimum absolute atomic E-state index is 0.220. The Balaban J connectivity index is 1.69. The van der Waals surface area contributed by atoms with E-state index in [0.717, 1.165) is 11.3 Å². The first-order chi connectivity index (χ1) is 11.7. The van der Waals surface area contributed by atoms with Crippen LogP contribution in [0.2, 0.25) is 5.02 Å². The van der Waals surface area contributed by atoms with Gasteiger partial charge in [0.1, 0.15) is 5.75 Å². The molecular weight excluding hydrogens is 328 g/mol. The van der Waals surface area contributed by atoms with Crippen molar-refractivity contribution in [3.05, 3.63) is 71.0 Å². The molecule has 0 atom stereocenters. The molecule has 3 rings (SSSR count). The molecule has 7 heteroatoms. The van der Waals surface area contributed by atoms with E-state index in [4.69, 9.17) is 16.3 Å². The Hall–Kier alpha value is -2.86. The molecule has 0 saturated heterocycles. The second-order valence-corrected chi connectivity index (χ2v) is 5.44. The number of rotatable bonds is 5. The molecule has 6 nitrogen and oxygen atoms in total. The highest BCUT2D eigenvalue weighted by atomic mass is 35.5. The highest BCUT2D eigenvalue weighted by Gasteiger charge is 2.12. The average molecular weight is 343 g/mol. The number of ether oxygens (including phenoxy) is 1. The lowest BCUT2D eigenvalue weighted by atomic mass is 10.2. The van der Waals surface area contributed by atoms with Crippen LogP contribution in [-0.2, 0) is 6.54 Å². The Kier molecular flexibility index (Phi) is 4.77. The second kappa shape index (κ2) is 7.14. The summed E-state index contributed by atoms with van der Waals surface area (Å²) in [5.74, 6) is 0.433. The average Bonchev–Trinajstić information content (AvgIpc) is 3.10. The molecule has 0 radical (unpaired) electrons. The number of carbonyl (C=O) groups excluding carboxylic acids is 1. The Bertz CT molecular complexity index is 863. The number of carbonyl (C=O) groups is 1. The normalized spacial score (nSPS) is 10.4. The minimum Gasteiger partial charge on any atom is -0.497 e. The molecule has 0 bridgehead atoms. The summed E-state index contributed by atoms with van der Waals surface area (Å²) in [4.78, 5) is 12.2. The molecule has 1 N–H and O–H groups in total. The smallest absolute Gasteiger partial charge is 0.273 e.